The molecule has 0 radical (unpaired) electrons. The third-order valence-electron chi connectivity index (χ3n) is 2.79. The van der Waals surface area contributed by atoms with Gasteiger partial charge >= 0.3 is 0 Å². The molecule has 0 aliphatic carbocycles. The van der Waals surface area contributed by atoms with E-state index in [1.807, 2.05) is 12.3 Å². The number of hydrogen-bond donors (Lipinski definition) is 1. The Labute approximate surface area is 115 Å². The van der Waals surface area contributed by atoms with Crippen LogP contribution in [-0.4, -0.2) is 34.8 Å². The van der Waals surface area contributed by atoms with Crippen molar-refractivity contribution in [2.24, 2.45) is 5.73 Å². The van der Waals surface area contributed by atoms with E-state index in [0.29, 0.717) is 42.8 Å². The lowest BCUT2D eigenvalue weighted by Gasteiger charge is -2.19. The lowest BCUT2D eigenvalue weighted by molar-refractivity contribution is 0.172. The van der Waals surface area contributed by atoms with Gasteiger partial charge in [-0.15, -0.1) is 5.10 Å². The summed E-state index contributed by atoms with van der Waals surface area (Å²) in [6.45, 7) is 2.18. The van der Waals surface area contributed by atoms with Crippen LogP contribution in [0.25, 0.3) is 11.3 Å². The molecular formula is C12H13ClN4O2. The maximum Gasteiger partial charge on any atom is 0.179 e. The van der Waals surface area contributed by atoms with Crippen LogP contribution in [0.4, 0.5) is 0 Å². The van der Waals surface area contributed by atoms with Crippen molar-refractivity contribution in [3.8, 4) is 22.8 Å². The normalized spacial score (nSPS) is 13.6. The SMILES string of the molecule is NCCn1cc(-c2cc(Cl)c3c(c2)OCCO3)nn1. The Hall–Kier alpha value is -1.79. The summed E-state index contributed by atoms with van der Waals surface area (Å²) in [4.78, 5) is 0. The Kier molecular flexibility index (Phi) is 3.27. The molecule has 19 heavy (non-hydrogen) atoms. The fourth-order valence-electron chi connectivity index (χ4n) is 1.93. The Balaban J connectivity index is 1.97. The monoisotopic (exact) mass is 280 g/mol. The van der Waals surface area contributed by atoms with E-state index in [1.165, 1.54) is 0 Å². The molecule has 2 aromatic rings. The van der Waals surface area contributed by atoms with Crippen LogP contribution in [0.1, 0.15) is 0 Å². The van der Waals surface area contributed by atoms with Gasteiger partial charge in [-0.05, 0) is 12.1 Å². The van der Waals surface area contributed by atoms with Gasteiger partial charge in [0.1, 0.15) is 18.9 Å². The minimum Gasteiger partial charge on any atom is -0.486 e. The van der Waals surface area contributed by atoms with Gasteiger partial charge in [-0.1, -0.05) is 16.8 Å². The number of nitrogens with zero attached hydrogens (tertiary/aromatic N) is 3. The molecular weight excluding hydrogens is 268 g/mol. The van der Waals surface area contributed by atoms with Crippen molar-refractivity contribution in [2.75, 3.05) is 19.8 Å². The zero-order chi connectivity index (χ0) is 13.2. The molecule has 0 spiro atoms. The van der Waals surface area contributed by atoms with E-state index in [1.54, 1.807) is 10.7 Å². The minimum absolute atomic E-state index is 0.513. The standard InChI is InChI=1S/C12H13ClN4O2/c13-9-5-8(6-11-12(9)19-4-3-18-11)10-7-17(2-1-14)16-15-10/h5-7H,1-4,14H2. The van der Waals surface area contributed by atoms with Crippen LogP contribution in [0.2, 0.25) is 5.02 Å². The topological polar surface area (TPSA) is 75.2 Å². The second kappa shape index (κ2) is 5.07. The highest BCUT2D eigenvalue weighted by Crippen LogP contribution is 2.40. The largest absolute Gasteiger partial charge is 0.486 e. The fraction of sp³-hybridized carbons (Fsp3) is 0.333. The molecule has 0 atom stereocenters. The predicted octanol–water partition coefficient (Wildman–Crippen LogP) is 1.33. The summed E-state index contributed by atoms with van der Waals surface area (Å²) in [6, 6.07) is 3.66. The second-order valence-electron chi connectivity index (χ2n) is 4.14. The van der Waals surface area contributed by atoms with Gasteiger partial charge < -0.3 is 15.2 Å². The molecule has 1 aliphatic rings. The van der Waals surface area contributed by atoms with E-state index in [9.17, 15) is 0 Å². The molecule has 0 saturated carbocycles. The summed E-state index contributed by atoms with van der Waals surface area (Å²) in [5.41, 5.74) is 7.05. The molecule has 3 rings (SSSR count). The van der Waals surface area contributed by atoms with Crippen molar-refractivity contribution in [3.63, 3.8) is 0 Å². The summed E-state index contributed by atoms with van der Waals surface area (Å²) in [7, 11) is 0. The van der Waals surface area contributed by atoms with Crippen LogP contribution >= 0.6 is 11.6 Å². The van der Waals surface area contributed by atoms with E-state index in [2.05, 4.69) is 10.3 Å². The molecule has 1 aromatic heterocycles. The number of nitrogens with two attached hydrogens (primary N) is 1. The Bertz CT molecular complexity index is 599. The van der Waals surface area contributed by atoms with Crippen molar-refractivity contribution < 1.29 is 9.47 Å². The molecule has 7 heteroatoms. The fourth-order valence-corrected chi connectivity index (χ4v) is 2.20. The highest BCUT2D eigenvalue weighted by atomic mass is 35.5. The Morgan fingerprint density at radius 3 is 3.00 bits per heavy atom. The van der Waals surface area contributed by atoms with E-state index < -0.39 is 0 Å². The van der Waals surface area contributed by atoms with Gasteiger partial charge in [0.2, 0.25) is 0 Å². The third-order valence-corrected chi connectivity index (χ3v) is 3.07. The van der Waals surface area contributed by atoms with Crippen LogP contribution < -0.4 is 15.2 Å². The minimum atomic E-state index is 0.513. The summed E-state index contributed by atoms with van der Waals surface area (Å²) in [6.07, 6.45) is 1.83. The van der Waals surface area contributed by atoms with Crippen molar-refractivity contribution in [1.82, 2.24) is 15.0 Å². The summed E-state index contributed by atoms with van der Waals surface area (Å²) in [5.74, 6) is 1.23. The van der Waals surface area contributed by atoms with Crippen LogP contribution in [0, 0.1) is 0 Å². The van der Waals surface area contributed by atoms with E-state index >= 15 is 0 Å². The van der Waals surface area contributed by atoms with E-state index in [-0.39, 0.29) is 0 Å². The second-order valence-corrected chi connectivity index (χ2v) is 4.54. The number of halogens is 1. The van der Waals surface area contributed by atoms with Gasteiger partial charge in [-0.3, -0.25) is 4.68 Å². The smallest absolute Gasteiger partial charge is 0.179 e. The van der Waals surface area contributed by atoms with Gasteiger partial charge in [0.05, 0.1) is 17.8 Å². The first-order valence-corrected chi connectivity index (χ1v) is 6.35. The quantitative estimate of drug-likeness (QED) is 0.918. The average Bonchev–Trinajstić information content (AvgIpc) is 2.88. The molecule has 0 unspecified atom stereocenters. The molecule has 0 bridgehead atoms. The van der Waals surface area contributed by atoms with Gasteiger partial charge in [0.25, 0.3) is 0 Å². The third kappa shape index (κ3) is 2.36. The highest BCUT2D eigenvalue weighted by molar-refractivity contribution is 6.32. The zero-order valence-electron chi connectivity index (χ0n) is 10.2. The molecule has 0 fully saturated rings. The van der Waals surface area contributed by atoms with Crippen LogP contribution in [0.15, 0.2) is 18.3 Å². The van der Waals surface area contributed by atoms with Crippen LogP contribution in [0.5, 0.6) is 11.5 Å². The maximum atomic E-state index is 6.19. The summed E-state index contributed by atoms with van der Waals surface area (Å²) < 4.78 is 12.7. The number of ether oxygens (including phenoxy) is 2. The molecule has 1 aliphatic heterocycles. The molecule has 2 N–H and O–H groups in total. The predicted molar refractivity (Wildman–Crippen MR) is 70.5 cm³/mol. The van der Waals surface area contributed by atoms with Gasteiger partial charge in [0, 0.05) is 12.1 Å². The maximum absolute atomic E-state index is 6.19. The molecule has 1 aromatic carbocycles. The number of aromatic nitrogens is 3. The van der Waals surface area contributed by atoms with E-state index in [0.717, 1.165) is 11.3 Å². The number of fused-ring (bicyclic) bond motifs is 1. The first kappa shape index (κ1) is 12.3. The van der Waals surface area contributed by atoms with Crippen molar-refractivity contribution in [1.29, 1.82) is 0 Å². The highest BCUT2D eigenvalue weighted by Gasteiger charge is 2.18. The first-order valence-electron chi connectivity index (χ1n) is 5.97. The Morgan fingerprint density at radius 2 is 2.16 bits per heavy atom. The number of benzene rings is 1. The summed E-state index contributed by atoms with van der Waals surface area (Å²) >= 11 is 6.19. The van der Waals surface area contributed by atoms with Crippen molar-refractivity contribution in [2.45, 2.75) is 6.54 Å². The zero-order valence-corrected chi connectivity index (χ0v) is 10.9. The number of hydrogen-bond acceptors (Lipinski definition) is 5. The number of rotatable bonds is 3. The average molecular weight is 281 g/mol. The lowest BCUT2D eigenvalue weighted by atomic mass is 10.1. The van der Waals surface area contributed by atoms with Gasteiger partial charge in [-0.25, -0.2) is 0 Å². The van der Waals surface area contributed by atoms with E-state index in [4.69, 9.17) is 26.8 Å². The van der Waals surface area contributed by atoms with Crippen LogP contribution in [-0.2, 0) is 6.54 Å². The molecule has 2 heterocycles. The summed E-state index contributed by atoms with van der Waals surface area (Å²) in [5, 5.41) is 8.61. The molecule has 6 nitrogen and oxygen atoms in total. The van der Waals surface area contributed by atoms with Crippen molar-refractivity contribution in [3.05, 3.63) is 23.4 Å². The van der Waals surface area contributed by atoms with Gasteiger partial charge in [-0.2, -0.15) is 0 Å². The van der Waals surface area contributed by atoms with Crippen LogP contribution in [0.3, 0.4) is 0 Å². The lowest BCUT2D eigenvalue weighted by Crippen LogP contribution is -2.15. The first-order chi connectivity index (χ1) is 9.28. The molecule has 0 amide bonds. The van der Waals surface area contributed by atoms with Gasteiger partial charge in [0.15, 0.2) is 11.5 Å². The molecule has 100 valence electrons. The Morgan fingerprint density at radius 1 is 1.32 bits per heavy atom. The van der Waals surface area contributed by atoms with Crippen molar-refractivity contribution >= 4 is 11.6 Å². The molecule has 0 saturated heterocycles.